The van der Waals surface area contributed by atoms with Crippen LogP contribution in [0, 0.1) is 0 Å². The molecule has 0 aliphatic carbocycles. The smallest absolute Gasteiger partial charge is 0.267 e. The third-order valence-electron chi connectivity index (χ3n) is 5.00. The Hall–Kier alpha value is -4.30. The van der Waals surface area contributed by atoms with E-state index in [0.29, 0.717) is 0 Å². The first-order valence-corrected chi connectivity index (χ1v) is 11.9. The van der Waals surface area contributed by atoms with E-state index < -0.39 is 15.9 Å². The number of benzene rings is 3. The number of carbonyl (C=O) groups is 1. The van der Waals surface area contributed by atoms with Crippen molar-refractivity contribution in [1.82, 2.24) is 10.4 Å². The number of para-hydroxylation sites is 1. The van der Waals surface area contributed by atoms with E-state index in [1.165, 1.54) is 22.7 Å². The van der Waals surface area contributed by atoms with E-state index >= 15 is 0 Å². The van der Waals surface area contributed by atoms with Crippen molar-refractivity contribution in [3.05, 3.63) is 126 Å². The average molecular weight is 471 g/mol. The normalized spacial score (nSPS) is 11.3. The van der Waals surface area contributed by atoms with Crippen LogP contribution in [0.2, 0.25) is 0 Å². The van der Waals surface area contributed by atoms with Crippen LogP contribution >= 0.6 is 0 Å². The summed E-state index contributed by atoms with van der Waals surface area (Å²) in [6, 6.07) is 27.5. The Balaban J connectivity index is 1.71. The Morgan fingerprint density at radius 2 is 1.47 bits per heavy atom. The lowest BCUT2D eigenvalue weighted by atomic mass is 10.1. The second-order valence-electron chi connectivity index (χ2n) is 7.31. The molecular formula is C26H22N4O3S. The number of pyridine rings is 1. The van der Waals surface area contributed by atoms with E-state index in [2.05, 4.69) is 15.5 Å². The molecule has 34 heavy (non-hydrogen) atoms. The molecule has 4 aromatic rings. The molecular weight excluding hydrogens is 448 g/mol. The van der Waals surface area contributed by atoms with Gasteiger partial charge < -0.3 is 0 Å². The van der Waals surface area contributed by atoms with Gasteiger partial charge in [0.25, 0.3) is 15.9 Å². The van der Waals surface area contributed by atoms with Crippen LogP contribution < -0.4 is 9.73 Å². The molecule has 0 aliphatic heterocycles. The maximum Gasteiger partial charge on any atom is 0.273 e. The number of hydrogen-bond donors (Lipinski definition) is 1. The molecule has 4 rings (SSSR count). The van der Waals surface area contributed by atoms with Crippen molar-refractivity contribution in [2.24, 2.45) is 5.10 Å². The minimum atomic E-state index is -3.96. The van der Waals surface area contributed by atoms with Crippen molar-refractivity contribution in [2.75, 3.05) is 4.31 Å². The van der Waals surface area contributed by atoms with Gasteiger partial charge in [-0.3, -0.25) is 14.1 Å². The van der Waals surface area contributed by atoms with Crippen LogP contribution in [0.15, 0.2) is 119 Å². The molecule has 7 nitrogen and oxygen atoms in total. The van der Waals surface area contributed by atoms with E-state index in [4.69, 9.17) is 0 Å². The van der Waals surface area contributed by atoms with Crippen LogP contribution in [-0.4, -0.2) is 25.5 Å². The number of amides is 1. The Labute approximate surface area is 198 Å². The zero-order valence-electron chi connectivity index (χ0n) is 18.2. The Bertz CT molecular complexity index is 1380. The van der Waals surface area contributed by atoms with Gasteiger partial charge in [-0.25, -0.2) is 13.8 Å². The van der Waals surface area contributed by atoms with Gasteiger partial charge in [0.05, 0.1) is 28.9 Å². The summed E-state index contributed by atoms with van der Waals surface area (Å²) in [4.78, 5) is 17.1. The van der Waals surface area contributed by atoms with E-state index in [0.717, 1.165) is 11.1 Å². The molecule has 0 saturated carbocycles. The second-order valence-corrected chi connectivity index (χ2v) is 9.17. The van der Waals surface area contributed by atoms with Gasteiger partial charge in [0.1, 0.15) is 0 Å². The van der Waals surface area contributed by atoms with Crippen LogP contribution in [0.5, 0.6) is 0 Å². The predicted octanol–water partition coefficient (Wildman–Crippen LogP) is 4.24. The lowest BCUT2D eigenvalue weighted by molar-refractivity contribution is 0.0956. The van der Waals surface area contributed by atoms with Crippen molar-refractivity contribution in [1.29, 1.82) is 0 Å². The van der Waals surface area contributed by atoms with Gasteiger partial charge in [0.15, 0.2) is 0 Å². The number of nitrogens with zero attached hydrogens (tertiary/aromatic N) is 3. The molecule has 0 saturated heterocycles. The largest absolute Gasteiger partial charge is 0.273 e. The average Bonchev–Trinajstić information content (AvgIpc) is 2.89. The zero-order chi connectivity index (χ0) is 23.8. The minimum Gasteiger partial charge on any atom is -0.267 e. The Morgan fingerprint density at radius 3 is 2.18 bits per heavy atom. The van der Waals surface area contributed by atoms with Crippen molar-refractivity contribution >= 4 is 27.8 Å². The van der Waals surface area contributed by atoms with E-state index in [9.17, 15) is 13.2 Å². The van der Waals surface area contributed by atoms with Gasteiger partial charge in [0, 0.05) is 12.4 Å². The summed E-state index contributed by atoms with van der Waals surface area (Å²) in [5.41, 5.74) is 4.48. The summed E-state index contributed by atoms with van der Waals surface area (Å²) < 4.78 is 28.6. The van der Waals surface area contributed by atoms with Crippen LogP contribution in [0.3, 0.4) is 0 Å². The molecule has 1 aromatic heterocycles. The fourth-order valence-electron chi connectivity index (χ4n) is 3.33. The van der Waals surface area contributed by atoms with Crippen LogP contribution in [-0.2, 0) is 16.6 Å². The van der Waals surface area contributed by atoms with Gasteiger partial charge in [-0.15, -0.1) is 0 Å². The van der Waals surface area contributed by atoms with Gasteiger partial charge in [-0.05, 0) is 47.5 Å². The number of hydrazone groups is 1. The van der Waals surface area contributed by atoms with E-state index in [1.807, 2.05) is 30.3 Å². The first-order valence-electron chi connectivity index (χ1n) is 10.5. The van der Waals surface area contributed by atoms with E-state index in [-0.39, 0.29) is 22.7 Å². The molecule has 0 fully saturated rings. The Kier molecular flexibility index (Phi) is 7.10. The summed E-state index contributed by atoms with van der Waals surface area (Å²) in [6.07, 6.45) is 4.73. The van der Waals surface area contributed by atoms with Crippen molar-refractivity contribution in [2.45, 2.75) is 11.4 Å². The third-order valence-corrected chi connectivity index (χ3v) is 6.78. The highest BCUT2D eigenvalue weighted by Crippen LogP contribution is 2.29. The molecule has 0 bridgehead atoms. The number of rotatable bonds is 8. The number of anilines is 1. The molecule has 0 atom stereocenters. The predicted molar refractivity (Wildman–Crippen MR) is 132 cm³/mol. The standard InChI is InChI=1S/C26H22N4O3S/c31-26(29-28-19-21-15-17-27-18-16-21)24-13-7-8-14-25(24)30(20-22-9-3-1-4-10-22)34(32,33)23-11-5-2-6-12-23/h1-19H,20H2,(H,29,31)/b28-19-. The first-order chi connectivity index (χ1) is 16.6. The van der Waals surface area contributed by atoms with Gasteiger partial charge in [0.2, 0.25) is 0 Å². The fourth-order valence-corrected chi connectivity index (χ4v) is 4.82. The summed E-state index contributed by atoms with van der Waals surface area (Å²) in [5.74, 6) is -0.526. The SMILES string of the molecule is O=C(N/N=C\c1ccncc1)c1ccccc1N(Cc1ccccc1)S(=O)(=O)c1ccccc1. The molecule has 3 aromatic carbocycles. The monoisotopic (exact) mass is 470 g/mol. The molecule has 170 valence electrons. The quantitative estimate of drug-likeness (QED) is 0.308. The summed E-state index contributed by atoms with van der Waals surface area (Å²) >= 11 is 0. The molecule has 1 amide bonds. The molecule has 0 radical (unpaired) electrons. The maximum absolute atomic E-state index is 13.7. The zero-order valence-corrected chi connectivity index (χ0v) is 19.0. The summed E-state index contributed by atoms with van der Waals surface area (Å²) in [5, 5.41) is 4.00. The number of nitrogens with one attached hydrogen (secondary N) is 1. The molecule has 0 unspecified atom stereocenters. The lowest BCUT2D eigenvalue weighted by Gasteiger charge is -2.26. The Morgan fingerprint density at radius 1 is 0.853 bits per heavy atom. The maximum atomic E-state index is 13.7. The first kappa shape index (κ1) is 22.9. The van der Waals surface area contributed by atoms with Gasteiger partial charge in [-0.2, -0.15) is 5.10 Å². The molecule has 1 heterocycles. The lowest BCUT2D eigenvalue weighted by Crippen LogP contribution is -2.33. The van der Waals surface area contributed by atoms with Gasteiger partial charge >= 0.3 is 0 Å². The molecule has 0 aliphatic rings. The number of sulfonamides is 1. The third kappa shape index (κ3) is 5.36. The second kappa shape index (κ2) is 10.5. The summed E-state index contributed by atoms with van der Waals surface area (Å²) in [6.45, 7) is 0.0582. The number of carbonyl (C=O) groups excluding carboxylic acids is 1. The highest BCUT2D eigenvalue weighted by atomic mass is 32.2. The number of aromatic nitrogens is 1. The highest BCUT2D eigenvalue weighted by molar-refractivity contribution is 7.92. The minimum absolute atomic E-state index is 0.0582. The topological polar surface area (TPSA) is 91.7 Å². The van der Waals surface area contributed by atoms with Gasteiger partial charge in [-0.1, -0.05) is 60.7 Å². The van der Waals surface area contributed by atoms with Crippen molar-refractivity contribution < 1.29 is 13.2 Å². The molecule has 1 N–H and O–H groups in total. The van der Waals surface area contributed by atoms with Crippen molar-refractivity contribution in [3.8, 4) is 0 Å². The van der Waals surface area contributed by atoms with E-state index in [1.54, 1.807) is 67.0 Å². The van der Waals surface area contributed by atoms with Crippen LogP contribution in [0.1, 0.15) is 21.5 Å². The van der Waals surface area contributed by atoms with Crippen LogP contribution in [0.4, 0.5) is 5.69 Å². The summed E-state index contributed by atoms with van der Waals surface area (Å²) in [7, 11) is -3.96. The number of hydrogen-bond acceptors (Lipinski definition) is 5. The fraction of sp³-hybridized carbons (Fsp3) is 0.0385. The van der Waals surface area contributed by atoms with Crippen molar-refractivity contribution in [3.63, 3.8) is 0 Å². The molecule has 0 spiro atoms. The molecule has 8 heteroatoms. The highest BCUT2D eigenvalue weighted by Gasteiger charge is 2.28. The van der Waals surface area contributed by atoms with Crippen LogP contribution in [0.25, 0.3) is 0 Å².